The van der Waals surface area contributed by atoms with Crippen LogP contribution in [0.15, 0.2) is 30.3 Å². The Kier molecular flexibility index (Phi) is 7.05. The molecule has 2 atom stereocenters. The number of carbonyl (C=O) groups is 2. The average Bonchev–Trinajstić information content (AvgIpc) is 3.23. The van der Waals surface area contributed by atoms with Gasteiger partial charge in [-0.15, -0.1) is 0 Å². The molecule has 6 heteroatoms. The number of carbonyl (C=O) groups excluding carboxylic acids is 2. The lowest BCUT2D eigenvalue weighted by molar-refractivity contribution is -0.139. The lowest BCUT2D eigenvalue weighted by Crippen LogP contribution is -2.55. The molecule has 3 aliphatic heterocycles. The molecule has 0 spiro atoms. The zero-order chi connectivity index (χ0) is 20.9. The fourth-order valence-corrected chi connectivity index (χ4v) is 5.20. The molecule has 0 aliphatic carbocycles. The van der Waals surface area contributed by atoms with Crippen LogP contribution in [0.1, 0.15) is 44.6 Å². The third-order valence-electron chi connectivity index (χ3n) is 7.04. The maximum atomic E-state index is 13.2. The second-order valence-corrected chi connectivity index (χ2v) is 9.15. The van der Waals surface area contributed by atoms with Crippen molar-refractivity contribution in [2.75, 3.05) is 45.8 Å². The molecule has 1 aromatic rings. The number of likely N-dealkylation sites (tertiary alicyclic amines) is 2. The summed E-state index contributed by atoms with van der Waals surface area (Å²) in [6.07, 6.45) is 5.52. The molecule has 0 saturated carbocycles. The van der Waals surface area contributed by atoms with Gasteiger partial charge >= 0.3 is 0 Å². The van der Waals surface area contributed by atoms with Gasteiger partial charge in [-0.1, -0.05) is 30.3 Å². The number of amides is 2. The Hall–Kier alpha value is -1.92. The van der Waals surface area contributed by atoms with Gasteiger partial charge in [-0.3, -0.25) is 19.4 Å². The van der Waals surface area contributed by atoms with E-state index < -0.39 is 0 Å². The summed E-state index contributed by atoms with van der Waals surface area (Å²) in [5.41, 5.74) is 1.27. The molecule has 3 aliphatic rings. The Morgan fingerprint density at radius 3 is 2.40 bits per heavy atom. The monoisotopic (exact) mass is 412 g/mol. The zero-order valence-electron chi connectivity index (χ0n) is 18.3. The highest BCUT2D eigenvalue weighted by Gasteiger charge is 2.35. The van der Waals surface area contributed by atoms with E-state index in [-0.39, 0.29) is 17.9 Å². The van der Waals surface area contributed by atoms with Gasteiger partial charge in [0.25, 0.3) is 0 Å². The Morgan fingerprint density at radius 2 is 1.67 bits per heavy atom. The fraction of sp³-hybridized carbons (Fsp3) is 0.667. The van der Waals surface area contributed by atoms with Gasteiger partial charge in [-0.05, 0) is 51.1 Å². The lowest BCUT2D eigenvalue weighted by Gasteiger charge is -2.39. The van der Waals surface area contributed by atoms with Crippen molar-refractivity contribution in [2.24, 2.45) is 0 Å². The molecule has 30 heavy (non-hydrogen) atoms. The van der Waals surface area contributed by atoms with Gasteiger partial charge in [0.1, 0.15) is 0 Å². The van der Waals surface area contributed by atoms with Crippen LogP contribution in [-0.2, 0) is 16.1 Å². The van der Waals surface area contributed by atoms with Crippen molar-refractivity contribution in [3.05, 3.63) is 35.9 Å². The number of hydrogen-bond acceptors (Lipinski definition) is 4. The van der Waals surface area contributed by atoms with Crippen molar-refractivity contribution in [2.45, 2.75) is 57.7 Å². The molecule has 0 radical (unpaired) electrons. The third kappa shape index (κ3) is 5.03. The van der Waals surface area contributed by atoms with E-state index in [2.05, 4.69) is 45.9 Å². The van der Waals surface area contributed by atoms with Crippen molar-refractivity contribution < 1.29 is 9.59 Å². The summed E-state index contributed by atoms with van der Waals surface area (Å²) >= 11 is 0. The minimum atomic E-state index is 0.00703. The first-order valence-corrected chi connectivity index (χ1v) is 11.7. The molecule has 164 valence electrons. The summed E-state index contributed by atoms with van der Waals surface area (Å²) in [6.45, 7) is 8.46. The van der Waals surface area contributed by atoms with E-state index in [9.17, 15) is 9.59 Å². The molecule has 2 amide bonds. The molecule has 4 rings (SSSR count). The Morgan fingerprint density at radius 1 is 0.900 bits per heavy atom. The van der Waals surface area contributed by atoms with Gasteiger partial charge in [-0.25, -0.2) is 0 Å². The number of piperazine rings is 1. The highest BCUT2D eigenvalue weighted by Crippen LogP contribution is 2.23. The van der Waals surface area contributed by atoms with Crippen LogP contribution < -0.4 is 0 Å². The van der Waals surface area contributed by atoms with Gasteiger partial charge < -0.3 is 9.80 Å². The van der Waals surface area contributed by atoms with Gasteiger partial charge in [-0.2, -0.15) is 0 Å². The largest absolute Gasteiger partial charge is 0.339 e. The second kappa shape index (κ2) is 9.92. The molecule has 3 saturated heterocycles. The predicted octanol–water partition coefficient (Wildman–Crippen LogP) is 2.20. The Balaban J connectivity index is 1.26. The highest BCUT2D eigenvalue weighted by atomic mass is 16.2. The van der Waals surface area contributed by atoms with E-state index in [1.165, 1.54) is 12.0 Å². The maximum absolute atomic E-state index is 13.2. The van der Waals surface area contributed by atoms with Gasteiger partial charge in [0, 0.05) is 45.3 Å². The quantitative estimate of drug-likeness (QED) is 0.744. The molecule has 1 aromatic carbocycles. The number of hydrogen-bond donors (Lipinski definition) is 0. The normalized spacial score (nSPS) is 26.2. The molecule has 2 unspecified atom stereocenters. The van der Waals surface area contributed by atoms with Crippen LogP contribution in [0.5, 0.6) is 0 Å². The van der Waals surface area contributed by atoms with E-state index in [4.69, 9.17) is 0 Å². The highest BCUT2D eigenvalue weighted by molar-refractivity contribution is 5.82. The van der Waals surface area contributed by atoms with Gasteiger partial charge in [0.15, 0.2) is 0 Å². The number of piperidine rings is 1. The van der Waals surface area contributed by atoms with E-state index in [1.54, 1.807) is 0 Å². The van der Waals surface area contributed by atoms with Crippen molar-refractivity contribution in [3.8, 4) is 0 Å². The minimum Gasteiger partial charge on any atom is -0.339 e. The van der Waals surface area contributed by atoms with Crippen LogP contribution in [0.3, 0.4) is 0 Å². The van der Waals surface area contributed by atoms with E-state index in [1.807, 2.05) is 11.0 Å². The van der Waals surface area contributed by atoms with Crippen LogP contribution in [-0.4, -0.2) is 89.3 Å². The molecule has 0 bridgehead atoms. The van der Waals surface area contributed by atoms with Crippen LogP contribution in [0, 0.1) is 0 Å². The number of nitrogens with zero attached hydrogens (tertiary/aromatic N) is 4. The minimum absolute atomic E-state index is 0.00703. The summed E-state index contributed by atoms with van der Waals surface area (Å²) in [4.78, 5) is 34.6. The molecule has 3 fully saturated rings. The predicted molar refractivity (Wildman–Crippen MR) is 118 cm³/mol. The van der Waals surface area contributed by atoms with E-state index in [0.717, 1.165) is 71.5 Å². The molecule has 0 N–H and O–H groups in total. The Bertz CT molecular complexity index is 717. The molecule has 3 heterocycles. The molecular weight excluding hydrogens is 376 g/mol. The van der Waals surface area contributed by atoms with Crippen LogP contribution in [0.2, 0.25) is 0 Å². The lowest BCUT2D eigenvalue weighted by atomic mass is 10.0. The summed E-state index contributed by atoms with van der Waals surface area (Å²) in [6, 6.07) is 10.8. The van der Waals surface area contributed by atoms with E-state index >= 15 is 0 Å². The van der Waals surface area contributed by atoms with Gasteiger partial charge in [0.05, 0.1) is 12.6 Å². The zero-order valence-corrected chi connectivity index (χ0v) is 18.3. The third-order valence-corrected chi connectivity index (χ3v) is 7.04. The molecular formula is C24H36N4O2. The standard InChI is InChI=1S/C24H36N4O2/c1-20-8-5-6-13-28(20)23(29)19-25-14-16-26(17-15-25)24(30)22-11-7-12-27(22)18-21-9-3-2-4-10-21/h2-4,9-10,20,22H,5-8,11-19H2,1H3. The molecule has 6 nitrogen and oxygen atoms in total. The maximum Gasteiger partial charge on any atom is 0.240 e. The van der Waals surface area contributed by atoms with Gasteiger partial charge in [0.2, 0.25) is 11.8 Å². The number of rotatable bonds is 5. The smallest absolute Gasteiger partial charge is 0.240 e. The first-order valence-electron chi connectivity index (χ1n) is 11.7. The van der Waals surface area contributed by atoms with E-state index in [0.29, 0.717) is 12.6 Å². The van der Waals surface area contributed by atoms with Crippen molar-refractivity contribution in [1.29, 1.82) is 0 Å². The van der Waals surface area contributed by atoms with Crippen LogP contribution >= 0.6 is 0 Å². The van der Waals surface area contributed by atoms with Crippen LogP contribution in [0.4, 0.5) is 0 Å². The summed E-state index contributed by atoms with van der Waals surface area (Å²) < 4.78 is 0. The average molecular weight is 413 g/mol. The van der Waals surface area contributed by atoms with Crippen molar-refractivity contribution in [1.82, 2.24) is 19.6 Å². The SMILES string of the molecule is CC1CCCCN1C(=O)CN1CCN(C(=O)C2CCCN2Cc2ccccc2)CC1. The number of benzene rings is 1. The summed E-state index contributed by atoms with van der Waals surface area (Å²) in [5, 5.41) is 0. The van der Waals surface area contributed by atoms with Crippen molar-refractivity contribution in [3.63, 3.8) is 0 Å². The summed E-state index contributed by atoms with van der Waals surface area (Å²) in [5.74, 6) is 0.533. The second-order valence-electron chi connectivity index (χ2n) is 9.15. The molecule has 0 aromatic heterocycles. The first kappa shape index (κ1) is 21.3. The fourth-order valence-electron chi connectivity index (χ4n) is 5.20. The Labute approximate surface area is 180 Å². The van der Waals surface area contributed by atoms with Crippen molar-refractivity contribution >= 4 is 11.8 Å². The first-order chi connectivity index (χ1) is 14.6. The topological polar surface area (TPSA) is 47.1 Å². The summed E-state index contributed by atoms with van der Waals surface area (Å²) in [7, 11) is 0. The van der Waals surface area contributed by atoms with Crippen LogP contribution in [0.25, 0.3) is 0 Å².